The van der Waals surface area contributed by atoms with Gasteiger partial charge in [0.1, 0.15) is 0 Å². The van der Waals surface area contributed by atoms with Gasteiger partial charge in [0.15, 0.2) is 0 Å². The van der Waals surface area contributed by atoms with Crippen LogP contribution in [0.15, 0.2) is 58.4 Å². The van der Waals surface area contributed by atoms with Gasteiger partial charge in [0.25, 0.3) is 11.1 Å². The van der Waals surface area contributed by atoms with Crippen LogP contribution in [-0.4, -0.2) is 51.1 Å². The highest BCUT2D eigenvalue weighted by molar-refractivity contribution is 5.77. The number of piperidine rings is 1. The van der Waals surface area contributed by atoms with Gasteiger partial charge in [-0.05, 0) is 43.4 Å². The number of hydrogen-bond donors (Lipinski definition) is 1. The van der Waals surface area contributed by atoms with Crippen molar-refractivity contribution in [2.24, 2.45) is 5.92 Å². The fraction of sp³-hybridized carbons (Fsp3) is 0.481. The van der Waals surface area contributed by atoms with Gasteiger partial charge in [0.2, 0.25) is 5.91 Å². The van der Waals surface area contributed by atoms with E-state index in [1.54, 1.807) is 17.0 Å². The van der Waals surface area contributed by atoms with Crippen LogP contribution in [0.1, 0.15) is 43.7 Å². The molecule has 184 valence electrons. The van der Waals surface area contributed by atoms with Crippen molar-refractivity contribution in [1.29, 1.82) is 0 Å². The number of carbonyl (C=O) groups is 1. The summed E-state index contributed by atoms with van der Waals surface area (Å²) >= 11 is 0. The number of para-hydroxylation sites is 1. The number of aryl methyl sites for hydroxylation is 1. The standard InChI is InChI=1S/C27H33N5O3/c33-25(10-2-1-5-13-31-19-29-23-8-4-3-7-22(23)27(31)35)28-12-14-30-16-20-15-21(18-30)24-9-6-11-26(34)32(24)17-20/h3-4,6-9,11,19-21H,1-2,5,10,12-18H2,(H,28,33)/t20-,21+/m1/s1. The van der Waals surface area contributed by atoms with E-state index in [0.29, 0.717) is 36.7 Å². The van der Waals surface area contributed by atoms with Gasteiger partial charge in [-0.15, -0.1) is 0 Å². The van der Waals surface area contributed by atoms with Gasteiger partial charge in [0, 0.05) is 63.4 Å². The van der Waals surface area contributed by atoms with Crippen LogP contribution in [0.2, 0.25) is 0 Å². The van der Waals surface area contributed by atoms with Crippen LogP contribution in [0.5, 0.6) is 0 Å². The Balaban J connectivity index is 0.999. The lowest BCUT2D eigenvalue weighted by atomic mass is 9.83. The molecule has 0 aliphatic carbocycles. The summed E-state index contributed by atoms with van der Waals surface area (Å²) in [4.78, 5) is 43.8. The lowest BCUT2D eigenvalue weighted by molar-refractivity contribution is -0.121. The zero-order valence-electron chi connectivity index (χ0n) is 20.1. The van der Waals surface area contributed by atoms with Crippen LogP contribution in [-0.2, 0) is 17.9 Å². The molecule has 8 nitrogen and oxygen atoms in total. The summed E-state index contributed by atoms with van der Waals surface area (Å²) in [6.45, 7) is 4.83. The maximum absolute atomic E-state index is 12.5. The predicted molar refractivity (Wildman–Crippen MR) is 135 cm³/mol. The molecule has 3 aromatic rings. The van der Waals surface area contributed by atoms with Gasteiger partial charge in [-0.1, -0.05) is 24.6 Å². The van der Waals surface area contributed by atoms with Crippen molar-refractivity contribution in [1.82, 2.24) is 24.3 Å². The number of amides is 1. The predicted octanol–water partition coefficient (Wildman–Crippen LogP) is 2.35. The Morgan fingerprint density at radius 2 is 1.86 bits per heavy atom. The third-order valence-electron chi connectivity index (χ3n) is 7.34. The summed E-state index contributed by atoms with van der Waals surface area (Å²) in [5.41, 5.74) is 1.98. The number of likely N-dealkylation sites (tertiary alicyclic amines) is 1. The molecule has 5 rings (SSSR count). The summed E-state index contributed by atoms with van der Waals surface area (Å²) in [7, 11) is 0. The first kappa shape index (κ1) is 23.5. The van der Waals surface area contributed by atoms with Crippen LogP contribution in [0.25, 0.3) is 10.9 Å². The molecule has 2 atom stereocenters. The fourth-order valence-electron chi connectivity index (χ4n) is 5.63. The first-order chi connectivity index (χ1) is 17.1. The average molecular weight is 476 g/mol. The minimum atomic E-state index is -0.00857. The van der Waals surface area contributed by atoms with E-state index in [1.807, 2.05) is 34.9 Å². The van der Waals surface area contributed by atoms with Crippen LogP contribution in [0.4, 0.5) is 0 Å². The SMILES string of the molecule is O=C(CCCCCn1cnc2ccccc2c1=O)NCCN1C[C@H]2C[C@@H](C1)c1cccc(=O)n1C2. The van der Waals surface area contributed by atoms with E-state index in [0.717, 1.165) is 63.1 Å². The van der Waals surface area contributed by atoms with Crippen LogP contribution in [0.3, 0.4) is 0 Å². The van der Waals surface area contributed by atoms with Gasteiger partial charge in [-0.3, -0.25) is 19.0 Å². The molecule has 1 amide bonds. The van der Waals surface area contributed by atoms with Gasteiger partial charge in [0.05, 0.1) is 17.2 Å². The van der Waals surface area contributed by atoms with Gasteiger partial charge in [-0.2, -0.15) is 0 Å². The van der Waals surface area contributed by atoms with Crippen molar-refractivity contribution in [3.05, 3.63) is 75.2 Å². The lowest BCUT2D eigenvalue weighted by Crippen LogP contribution is -2.48. The lowest BCUT2D eigenvalue weighted by Gasteiger charge is -2.42. The normalized spacial score (nSPS) is 19.4. The largest absolute Gasteiger partial charge is 0.355 e. The Labute approximate surface area is 204 Å². The molecule has 0 unspecified atom stereocenters. The van der Waals surface area contributed by atoms with Crippen molar-refractivity contribution in [2.45, 2.75) is 51.1 Å². The second kappa shape index (κ2) is 10.6. The molecule has 8 heteroatoms. The van der Waals surface area contributed by atoms with Crippen molar-refractivity contribution in [3.8, 4) is 0 Å². The van der Waals surface area contributed by atoms with Crippen LogP contribution in [0, 0.1) is 5.92 Å². The number of nitrogens with zero attached hydrogens (tertiary/aromatic N) is 4. The fourth-order valence-corrected chi connectivity index (χ4v) is 5.63. The topological polar surface area (TPSA) is 89.2 Å². The second-order valence-corrected chi connectivity index (χ2v) is 9.88. The van der Waals surface area contributed by atoms with Crippen molar-refractivity contribution >= 4 is 16.8 Å². The third-order valence-corrected chi connectivity index (χ3v) is 7.34. The first-order valence-corrected chi connectivity index (χ1v) is 12.7. The zero-order chi connectivity index (χ0) is 24.2. The summed E-state index contributed by atoms with van der Waals surface area (Å²) < 4.78 is 3.61. The molecule has 4 heterocycles. The number of unbranched alkanes of at least 4 members (excludes halogenated alkanes) is 2. The summed E-state index contributed by atoms with van der Waals surface area (Å²) in [5, 5.41) is 3.70. The highest BCUT2D eigenvalue weighted by Gasteiger charge is 2.34. The molecule has 1 aromatic carbocycles. The highest BCUT2D eigenvalue weighted by atomic mass is 16.1. The minimum absolute atomic E-state index is 0.00857. The zero-order valence-corrected chi connectivity index (χ0v) is 20.1. The van der Waals surface area contributed by atoms with Crippen LogP contribution < -0.4 is 16.4 Å². The molecule has 2 aliphatic rings. The van der Waals surface area contributed by atoms with E-state index in [9.17, 15) is 14.4 Å². The molecular formula is C27H33N5O3. The number of hydrogen-bond acceptors (Lipinski definition) is 5. The molecule has 2 aliphatic heterocycles. The maximum atomic E-state index is 12.5. The number of rotatable bonds is 9. The number of fused-ring (bicyclic) bond motifs is 5. The molecular weight excluding hydrogens is 442 g/mol. The molecule has 1 fully saturated rings. The Bertz CT molecular complexity index is 1310. The quantitative estimate of drug-likeness (QED) is 0.480. The first-order valence-electron chi connectivity index (χ1n) is 12.7. The Morgan fingerprint density at radius 1 is 0.971 bits per heavy atom. The molecule has 0 spiro atoms. The van der Waals surface area contributed by atoms with Gasteiger partial charge >= 0.3 is 0 Å². The Hall–Kier alpha value is -3.26. The smallest absolute Gasteiger partial charge is 0.261 e. The second-order valence-electron chi connectivity index (χ2n) is 9.88. The van der Waals surface area contributed by atoms with Crippen molar-refractivity contribution in [3.63, 3.8) is 0 Å². The van der Waals surface area contributed by atoms with E-state index in [-0.39, 0.29) is 17.0 Å². The number of nitrogens with one attached hydrogen (secondary N) is 1. The van der Waals surface area contributed by atoms with Gasteiger partial charge < -0.3 is 14.8 Å². The molecule has 1 N–H and O–H groups in total. The third kappa shape index (κ3) is 5.37. The van der Waals surface area contributed by atoms with Crippen molar-refractivity contribution < 1.29 is 4.79 Å². The minimum Gasteiger partial charge on any atom is -0.355 e. The summed E-state index contributed by atoms with van der Waals surface area (Å²) in [6, 6.07) is 13.0. The highest BCUT2D eigenvalue weighted by Crippen LogP contribution is 2.34. The van der Waals surface area contributed by atoms with E-state index in [4.69, 9.17) is 0 Å². The molecule has 0 saturated carbocycles. The molecule has 1 saturated heterocycles. The van der Waals surface area contributed by atoms with E-state index < -0.39 is 0 Å². The maximum Gasteiger partial charge on any atom is 0.261 e. The summed E-state index contributed by atoms with van der Waals surface area (Å²) in [6.07, 6.45) is 5.80. The van der Waals surface area contributed by atoms with E-state index in [1.165, 1.54) is 0 Å². The number of pyridine rings is 1. The number of aromatic nitrogens is 3. The average Bonchev–Trinajstić information content (AvgIpc) is 2.86. The molecule has 0 radical (unpaired) electrons. The number of carbonyl (C=O) groups excluding carboxylic acids is 1. The molecule has 2 aromatic heterocycles. The Morgan fingerprint density at radius 3 is 2.77 bits per heavy atom. The summed E-state index contributed by atoms with van der Waals surface area (Å²) in [5.74, 6) is 0.989. The Kier molecular flexibility index (Phi) is 7.08. The van der Waals surface area contributed by atoms with E-state index >= 15 is 0 Å². The van der Waals surface area contributed by atoms with Crippen molar-refractivity contribution in [2.75, 3.05) is 26.2 Å². The molecule has 2 bridgehead atoms. The van der Waals surface area contributed by atoms with Crippen LogP contribution >= 0.6 is 0 Å². The molecule has 35 heavy (non-hydrogen) atoms. The van der Waals surface area contributed by atoms with Gasteiger partial charge in [-0.25, -0.2) is 4.98 Å². The monoisotopic (exact) mass is 475 g/mol. The van der Waals surface area contributed by atoms with E-state index in [2.05, 4.69) is 21.3 Å². The number of benzene rings is 1.